The van der Waals surface area contributed by atoms with E-state index < -0.39 is 0 Å². The number of hydrogen-bond acceptors (Lipinski definition) is 5. The van der Waals surface area contributed by atoms with Crippen molar-refractivity contribution >= 4 is 11.8 Å². The van der Waals surface area contributed by atoms with Crippen molar-refractivity contribution in [1.29, 1.82) is 0 Å². The smallest absolute Gasteiger partial charge is 0.271 e. The number of hydrogen-bond donors (Lipinski definition) is 2. The van der Waals surface area contributed by atoms with E-state index in [0.29, 0.717) is 17.8 Å². The molecule has 0 aliphatic heterocycles. The number of carbonyl (C=O) groups excluding carboxylic acids is 2. The number of nitrogens with one attached hydrogen (secondary N) is 2. The minimum atomic E-state index is -0.238. The molecule has 0 aliphatic rings. The van der Waals surface area contributed by atoms with E-state index >= 15 is 0 Å². The van der Waals surface area contributed by atoms with Gasteiger partial charge in [-0.2, -0.15) is 0 Å². The second-order valence-corrected chi connectivity index (χ2v) is 6.79. The number of benzene rings is 1. The number of aromatic nitrogens is 2. The molecule has 0 aliphatic carbocycles. The first-order valence-electron chi connectivity index (χ1n) is 8.86. The first-order chi connectivity index (χ1) is 12.8. The van der Waals surface area contributed by atoms with Crippen LogP contribution in [0.3, 0.4) is 0 Å². The molecular weight excluding hydrogens is 342 g/mol. The van der Waals surface area contributed by atoms with Crippen LogP contribution in [0.2, 0.25) is 0 Å². The van der Waals surface area contributed by atoms with Crippen LogP contribution in [0.25, 0.3) is 0 Å². The normalized spacial score (nSPS) is 11.9. The van der Waals surface area contributed by atoms with Crippen LogP contribution in [0.4, 0.5) is 0 Å². The summed E-state index contributed by atoms with van der Waals surface area (Å²) in [6.07, 6.45) is 5.25. The number of carbonyl (C=O) groups is 2. The summed E-state index contributed by atoms with van der Waals surface area (Å²) in [6.45, 7) is 4.51. The van der Waals surface area contributed by atoms with Gasteiger partial charge in [0.2, 0.25) is 0 Å². The second-order valence-electron chi connectivity index (χ2n) is 6.79. The maximum atomic E-state index is 12.2. The van der Waals surface area contributed by atoms with Gasteiger partial charge in [-0.05, 0) is 63.2 Å². The van der Waals surface area contributed by atoms with Gasteiger partial charge in [0.05, 0.1) is 6.20 Å². The molecule has 2 rings (SSSR count). The fourth-order valence-corrected chi connectivity index (χ4v) is 2.98. The van der Waals surface area contributed by atoms with Crippen LogP contribution in [0.5, 0.6) is 0 Å². The van der Waals surface area contributed by atoms with Gasteiger partial charge in [-0.3, -0.25) is 14.6 Å². The predicted octanol–water partition coefficient (Wildman–Crippen LogP) is 1.36. The molecule has 1 unspecified atom stereocenters. The Balaban J connectivity index is 2.12. The van der Waals surface area contributed by atoms with Gasteiger partial charge in [0, 0.05) is 37.6 Å². The summed E-state index contributed by atoms with van der Waals surface area (Å²) in [5.74, 6) is -0.327. The summed E-state index contributed by atoms with van der Waals surface area (Å²) in [4.78, 5) is 34.2. The fraction of sp³-hybridized carbons (Fsp3) is 0.400. The Labute approximate surface area is 160 Å². The summed E-state index contributed by atoms with van der Waals surface area (Å²) < 4.78 is 0. The average molecular weight is 369 g/mol. The van der Waals surface area contributed by atoms with Crippen LogP contribution in [0.1, 0.15) is 37.5 Å². The number of likely N-dealkylation sites (N-methyl/N-ethyl adjacent to an activating group) is 1. The lowest BCUT2D eigenvalue weighted by atomic mass is 9.93. The monoisotopic (exact) mass is 369 g/mol. The molecule has 2 aromatic rings. The van der Waals surface area contributed by atoms with Crippen molar-refractivity contribution < 1.29 is 9.59 Å². The lowest BCUT2D eigenvalue weighted by Crippen LogP contribution is -2.42. The maximum Gasteiger partial charge on any atom is 0.271 e. The van der Waals surface area contributed by atoms with E-state index in [1.165, 1.54) is 24.2 Å². The van der Waals surface area contributed by atoms with Crippen molar-refractivity contribution in [3.05, 3.63) is 58.7 Å². The Morgan fingerprint density at radius 3 is 2.30 bits per heavy atom. The van der Waals surface area contributed by atoms with Crippen molar-refractivity contribution in [2.45, 2.75) is 26.3 Å². The molecule has 2 N–H and O–H groups in total. The molecule has 144 valence electrons. The Bertz CT molecular complexity index is 782. The van der Waals surface area contributed by atoms with E-state index in [9.17, 15) is 9.59 Å². The quantitative estimate of drug-likeness (QED) is 0.769. The van der Waals surface area contributed by atoms with E-state index in [1.54, 1.807) is 7.05 Å². The van der Waals surface area contributed by atoms with Crippen LogP contribution < -0.4 is 10.6 Å². The van der Waals surface area contributed by atoms with E-state index in [0.717, 1.165) is 17.5 Å². The van der Waals surface area contributed by atoms with E-state index in [-0.39, 0.29) is 17.9 Å². The molecule has 0 radical (unpaired) electrons. The molecular formula is C20H27N5O2. The van der Waals surface area contributed by atoms with Gasteiger partial charge in [0.25, 0.3) is 11.8 Å². The Morgan fingerprint density at radius 1 is 1.11 bits per heavy atom. The van der Waals surface area contributed by atoms with E-state index in [4.69, 9.17) is 0 Å². The summed E-state index contributed by atoms with van der Waals surface area (Å²) >= 11 is 0. The van der Waals surface area contributed by atoms with Crippen molar-refractivity contribution in [1.82, 2.24) is 25.5 Å². The maximum absolute atomic E-state index is 12.2. The zero-order valence-electron chi connectivity index (χ0n) is 16.5. The van der Waals surface area contributed by atoms with Crippen LogP contribution in [-0.2, 0) is 6.42 Å². The first kappa shape index (κ1) is 20.5. The summed E-state index contributed by atoms with van der Waals surface area (Å²) in [7, 11) is 5.61. The zero-order valence-corrected chi connectivity index (χ0v) is 16.5. The summed E-state index contributed by atoms with van der Waals surface area (Å²) in [6, 6.07) is 3.92. The minimum absolute atomic E-state index is 0.0897. The minimum Gasteiger partial charge on any atom is -0.355 e. The van der Waals surface area contributed by atoms with Crippen molar-refractivity contribution in [2.75, 3.05) is 27.7 Å². The van der Waals surface area contributed by atoms with Crippen LogP contribution >= 0.6 is 0 Å². The molecule has 1 aromatic heterocycles. The molecule has 0 saturated heterocycles. The summed E-state index contributed by atoms with van der Waals surface area (Å²) in [5.41, 5.74) is 4.29. The number of nitrogens with zero attached hydrogens (tertiary/aromatic N) is 3. The first-order valence-corrected chi connectivity index (χ1v) is 8.86. The van der Waals surface area contributed by atoms with Crippen LogP contribution in [-0.4, -0.2) is 60.4 Å². The Hall–Kier alpha value is -2.80. The third-order valence-electron chi connectivity index (χ3n) is 4.65. The molecule has 2 amide bonds. The van der Waals surface area contributed by atoms with Crippen molar-refractivity contribution in [2.24, 2.45) is 0 Å². The van der Waals surface area contributed by atoms with Crippen LogP contribution in [0, 0.1) is 13.8 Å². The largest absolute Gasteiger partial charge is 0.355 e. The zero-order chi connectivity index (χ0) is 20.0. The van der Waals surface area contributed by atoms with E-state index in [1.807, 2.05) is 40.1 Å². The topological polar surface area (TPSA) is 87.2 Å². The molecule has 7 nitrogen and oxygen atoms in total. The molecule has 27 heavy (non-hydrogen) atoms. The molecule has 7 heteroatoms. The number of aryl methyl sites for hydroxylation is 2. The standard InChI is InChI=1S/C20H27N5O2/c1-13-8-15(19(26)21-3)9-14(2)17(13)10-16(25(4)5)11-24-20(27)18-12-22-6-7-23-18/h6-9,12,16H,10-11H2,1-5H3,(H,21,26)(H,24,27). The molecule has 1 aromatic carbocycles. The van der Waals surface area contributed by atoms with Gasteiger partial charge in [0.1, 0.15) is 5.69 Å². The van der Waals surface area contributed by atoms with Gasteiger partial charge in [-0.15, -0.1) is 0 Å². The fourth-order valence-electron chi connectivity index (χ4n) is 2.98. The molecule has 1 atom stereocenters. The van der Waals surface area contributed by atoms with Gasteiger partial charge in [0.15, 0.2) is 0 Å². The summed E-state index contributed by atoms with van der Waals surface area (Å²) in [5, 5.41) is 5.59. The number of rotatable bonds is 7. The third kappa shape index (κ3) is 5.34. The third-order valence-corrected chi connectivity index (χ3v) is 4.65. The highest BCUT2D eigenvalue weighted by atomic mass is 16.2. The Kier molecular flexibility index (Phi) is 7.01. The van der Waals surface area contributed by atoms with Gasteiger partial charge >= 0.3 is 0 Å². The SMILES string of the molecule is CNC(=O)c1cc(C)c(CC(CNC(=O)c2cnccn2)N(C)C)c(C)c1. The van der Waals surface area contributed by atoms with Gasteiger partial charge in [-0.1, -0.05) is 0 Å². The molecule has 0 saturated carbocycles. The average Bonchev–Trinajstić information content (AvgIpc) is 2.66. The lowest BCUT2D eigenvalue weighted by Gasteiger charge is -2.26. The molecule has 0 bridgehead atoms. The van der Waals surface area contributed by atoms with Gasteiger partial charge in [-0.25, -0.2) is 4.98 Å². The molecule has 0 spiro atoms. The predicted molar refractivity (Wildman–Crippen MR) is 105 cm³/mol. The highest BCUT2D eigenvalue weighted by molar-refractivity contribution is 5.94. The van der Waals surface area contributed by atoms with Gasteiger partial charge < -0.3 is 15.5 Å². The lowest BCUT2D eigenvalue weighted by molar-refractivity contribution is 0.0933. The highest BCUT2D eigenvalue weighted by Gasteiger charge is 2.18. The van der Waals surface area contributed by atoms with Crippen molar-refractivity contribution in [3.8, 4) is 0 Å². The number of amides is 2. The molecule has 0 fully saturated rings. The Morgan fingerprint density at radius 2 is 1.78 bits per heavy atom. The van der Waals surface area contributed by atoms with Crippen molar-refractivity contribution in [3.63, 3.8) is 0 Å². The second kappa shape index (κ2) is 9.23. The van der Waals surface area contributed by atoms with E-state index in [2.05, 4.69) is 25.5 Å². The molecule has 1 heterocycles. The van der Waals surface area contributed by atoms with Crippen LogP contribution in [0.15, 0.2) is 30.7 Å². The highest BCUT2D eigenvalue weighted by Crippen LogP contribution is 2.19.